The summed E-state index contributed by atoms with van der Waals surface area (Å²) in [5.74, 6) is -7.67. The van der Waals surface area contributed by atoms with E-state index in [1.165, 1.54) is 4.90 Å². The van der Waals surface area contributed by atoms with Crippen LogP contribution in [0, 0.1) is 17.6 Å². The predicted molar refractivity (Wildman–Crippen MR) is 108 cm³/mol. The quantitative estimate of drug-likeness (QED) is 0.429. The van der Waals surface area contributed by atoms with Gasteiger partial charge in [0.1, 0.15) is 22.9 Å². The van der Waals surface area contributed by atoms with Gasteiger partial charge in [0.25, 0.3) is 5.91 Å². The molecule has 1 aromatic carbocycles. The maximum Gasteiger partial charge on any atom is 0.454 e. The van der Waals surface area contributed by atoms with E-state index in [0.29, 0.717) is 32.1 Å². The van der Waals surface area contributed by atoms with Crippen LogP contribution < -0.4 is 4.74 Å². The number of aliphatic hydroxyl groups excluding tert-OH is 1. The molecule has 2 aliphatic heterocycles. The van der Waals surface area contributed by atoms with Crippen molar-refractivity contribution in [1.29, 1.82) is 0 Å². The van der Waals surface area contributed by atoms with Gasteiger partial charge in [-0.2, -0.15) is 22.0 Å². The topological polar surface area (TPSA) is 53.0 Å². The van der Waals surface area contributed by atoms with Gasteiger partial charge >= 0.3 is 12.1 Å². The first-order chi connectivity index (χ1) is 15.9. The molecule has 0 radical (unpaired) electrons. The summed E-state index contributed by atoms with van der Waals surface area (Å²) in [6.07, 6.45) is -3.87. The molecule has 12 heteroatoms. The largest absolute Gasteiger partial charge is 0.493 e. The Kier molecular flexibility index (Phi) is 8.33. The molecule has 3 rings (SSSR count). The van der Waals surface area contributed by atoms with Crippen LogP contribution in [0.15, 0.2) is 12.1 Å². The van der Waals surface area contributed by atoms with E-state index in [-0.39, 0.29) is 44.5 Å². The van der Waals surface area contributed by atoms with Gasteiger partial charge in [0.15, 0.2) is 0 Å². The number of alkyl halides is 5. The fourth-order valence-electron chi connectivity index (χ4n) is 4.29. The number of ether oxygens (including phenoxy) is 1. The molecular weight excluding hydrogens is 473 g/mol. The first-order valence-electron chi connectivity index (χ1n) is 11.1. The summed E-state index contributed by atoms with van der Waals surface area (Å²) in [5.41, 5.74) is -0.704. The fourth-order valence-corrected chi connectivity index (χ4v) is 4.29. The molecule has 0 bridgehead atoms. The molecule has 34 heavy (non-hydrogen) atoms. The van der Waals surface area contributed by atoms with Crippen LogP contribution in [-0.2, 0) is 0 Å². The lowest BCUT2D eigenvalue weighted by molar-refractivity contribution is -0.287. The Morgan fingerprint density at radius 3 is 2.18 bits per heavy atom. The number of carbonyl (C=O) groups is 1. The minimum Gasteiger partial charge on any atom is -0.493 e. The van der Waals surface area contributed by atoms with Gasteiger partial charge in [-0.25, -0.2) is 8.78 Å². The Hall–Kier alpha value is -2.08. The molecule has 192 valence electrons. The summed E-state index contributed by atoms with van der Waals surface area (Å²) in [5, 5.41) is 9.50. The van der Waals surface area contributed by atoms with Gasteiger partial charge in [0.2, 0.25) is 0 Å². The maximum atomic E-state index is 14.4. The molecule has 1 aromatic rings. The number of likely N-dealkylation sites (tertiary alicyclic amines) is 2. The second-order valence-electron chi connectivity index (χ2n) is 8.87. The number of nitrogens with zero attached hydrogens (tertiary/aromatic N) is 2. The summed E-state index contributed by atoms with van der Waals surface area (Å²) < 4.78 is 97.5. The van der Waals surface area contributed by atoms with Crippen molar-refractivity contribution in [3.05, 3.63) is 29.3 Å². The molecule has 1 N–H and O–H groups in total. The smallest absolute Gasteiger partial charge is 0.454 e. The molecule has 1 unspecified atom stereocenters. The van der Waals surface area contributed by atoms with Gasteiger partial charge in [-0.05, 0) is 51.1 Å². The summed E-state index contributed by atoms with van der Waals surface area (Å²) in [7, 11) is 0. The lowest BCUT2D eigenvalue weighted by Crippen LogP contribution is -2.49. The summed E-state index contributed by atoms with van der Waals surface area (Å²) in [6.45, 7) is -0.730. The van der Waals surface area contributed by atoms with Crippen molar-refractivity contribution in [2.24, 2.45) is 5.92 Å². The van der Waals surface area contributed by atoms with E-state index < -0.39 is 47.9 Å². The first-order valence-corrected chi connectivity index (χ1v) is 11.1. The Morgan fingerprint density at radius 2 is 1.65 bits per heavy atom. The minimum absolute atomic E-state index is 0.0135. The highest BCUT2D eigenvalue weighted by molar-refractivity contribution is 5.95. The SMILES string of the molecule is O=C(c1c(F)cc(OCCCC2CCN(CC(F)(F)C(F)(F)F)CC2)cc1F)N1CCC(O)C1. The van der Waals surface area contributed by atoms with E-state index in [0.717, 1.165) is 17.0 Å². The highest BCUT2D eigenvalue weighted by atomic mass is 19.4. The minimum atomic E-state index is -5.57. The molecule has 0 spiro atoms. The van der Waals surface area contributed by atoms with Crippen LogP contribution in [0.2, 0.25) is 0 Å². The number of hydrogen-bond donors (Lipinski definition) is 1. The van der Waals surface area contributed by atoms with Gasteiger partial charge in [-0.15, -0.1) is 0 Å². The Bertz CT molecular complexity index is 834. The molecule has 0 aliphatic carbocycles. The molecular formula is C22H27F7N2O3. The van der Waals surface area contributed by atoms with Crippen LogP contribution in [-0.4, -0.2) is 78.3 Å². The first kappa shape index (κ1) is 26.5. The standard InChI is InChI=1S/C22H27F7N2O3/c23-17-10-16(11-18(24)19(17)20(33)31-8-5-15(32)12-31)34-9-1-2-14-3-6-30(7-4-14)13-21(25,26)22(27,28)29/h10-11,14-15,32H,1-9,12-13H2. The van der Waals surface area contributed by atoms with Crippen molar-refractivity contribution in [2.45, 2.75) is 50.3 Å². The molecule has 2 aliphatic rings. The van der Waals surface area contributed by atoms with Crippen LogP contribution in [0.1, 0.15) is 42.5 Å². The monoisotopic (exact) mass is 500 g/mol. The number of β-amino-alcohol motifs (C(OH)–C–C–N with tert-alkyl or cyclic N) is 1. The summed E-state index contributed by atoms with van der Waals surface area (Å²) in [6, 6.07) is 1.84. The van der Waals surface area contributed by atoms with Gasteiger partial charge in [0.05, 0.1) is 19.3 Å². The van der Waals surface area contributed by atoms with Crippen molar-refractivity contribution in [3.63, 3.8) is 0 Å². The number of hydrogen-bond acceptors (Lipinski definition) is 4. The second kappa shape index (κ2) is 10.7. The predicted octanol–water partition coefficient (Wildman–Crippen LogP) is 4.24. The number of piperidine rings is 1. The number of benzene rings is 1. The van der Waals surface area contributed by atoms with Gasteiger partial charge in [0, 0.05) is 25.2 Å². The van der Waals surface area contributed by atoms with Crippen molar-refractivity contribution < 1.29 is 45.4 Å². The molecule has 1 atom stereocenters. The lowest BCUT2D eigenvalue weighted by atomic mass is 9.92. The van der Waals surface area contributed by atoms with Crippen molar-refractivity contribution in [1.82, 2.24) is 9.80 Å². The highest BCUT2D eigenvalue weighted by Gasteiger charge is 2.58. The van der Waals surface area contributed by atoms with Crippen LogP contribution >= 0.6 is 0 Å². The zero-order valence-electron chi connectivity index (χ0n) is 18.4. The molecule has 0 saturated carbocycles. The highest BCUT2D eigenvalue weighted by Crippen LogP contribution is 2.37. The zero-order chi connectivity index (χ0) is 25.1. The third-order valence-corrected chi connectivity index (χ3v) is 6.25. The molecule has 0 aromatic heterocycles. The lowest BCUT2D eigenvalue weighted by Gasteiger charge is -2.34. The fraction of sp³-hybridized carbons (Fsp3) is 0.682. The molecule has 2 saturated heterocycles. The van der Waals surface area contributed by atoms with E-state index in [1.807, 2.05) is 0 Å². The summed E-state index contributed by atoms with van der Waals surface area (Å²) >= 11 is 0. The Morgan fingerprint density at radius 1 is 1.03 bits per heavy atom. The molecule has 2 fully saturated rings. The van der Waals surface area contributed by atoms with E-state index >= 15 is 0 Å². The van der Waals surface area contributed by atoms with Crippen LogP contribution in [0.3, 0.4) is 0 Å². The van der Waals surface area contributed by atoms with Crippen LogP contribution in [0.5, 0.6) is 5.75 Å². The van der Waals surface area contributed by atoms with E-state index in [4.69, 9.17) is 4.74 Å². The molecule has 1 amide bonds. The van der Waals surface area contributed by atoms with Crippen molar-refractivity contribution in [3.8, 4) is 5.75 Å². The van der Waals surface area contributed by atoms with Crippen molar-refractivity contribution >= 4 is 5.91 Å². The van der Waals surface area contributed by atoms with Gasteiger partial charge < -0.3 is 14.7 Å². The van der Waals surface area contributed by atoms with E-state index in [1.54, 1.807) is 0 Å². The third-order valence-electron chi connectivity index (χ3n) is 6.25. The zero-order valence-corrected chi connectivity index (χ0v) is 18.4. The number of aliphatic hydroxyl groups is 1. The average Bonchev–Trinajstić information content (AvgIpc) is 3.17. The van der Waals surface area contributed by atoms with E-state index in [9.17, 15) is 40.6 Å². The number of rotatable bonds is 8. The van der Waals surface area contributed by atoms with Crippen molar-refractivity contribution in [2.75, 3.05) is 39.3 Å². The second-order valence-corrected chi connectivity index (χ2v) is 8.87. The normalized spacial score (nSPS) is 20.7. The molecule has 5 nitrogen and oxygen atoms in total. The number of carbonyl (C=O) groups excluding carboxylic acids is 1. The Labute approximate surface area is 192 Å². The van der Waals surface area contributed by atoms with Crippen LogP contribution in [0.25, 0.3) is 0 Å². The number of halogens is 7. The average molecular weight is 500 g/mol. The van der Waals surface area contributed by atoms with E-state index in [2.05, 4.69) is 0 Å². The molecule has 2 heterocycles. The van der Waals surface area contributed by atoms with Gasteiger partial charge in [-0.3, -0.25) is 9.69 Å². The number of amides is 1. The van der Waals surface area contributed by atoms with Crippen LogP contribution in [0.4, 0.5) is 30.7 Å². The maximum absolute atomic E-state index is 14.4. The summed E-state index contributed by atoms with van der Waals surface area (Å²) in [4.78, 5) is 14.6. The Balaban J connectivity index is 1.41. The third kappa shape index (κ3) is 6.53. The van der Waals surface area contributed by atoms with Gasteiger partial charge in [-0.1, -0.05) is 0 Å².